The number of unbranched alkanes of at least 4 members (excludes halogenated alkanes) is 3. The van der Waals surface area contributed by atoms with Gasteiger partial charge in [0.05, 0.1) is 11.1 Å². The molecule has 0 aromatic heterocycles. The summed E-state index contributed by atoms with van der Waals surface area (Å²) in [5, 5.41) is 0. The summed E-state index contributed by atoms with van der Waals surface area (Å²) in [4.78, 5) is 24.2. The van der Waals surface area contributed by atoms with Gasteiger partial charge in [-0.05, 0) is 70.2 Å². The van der Waals surface area contributed by atoms with Gasteiger partial charge in [0.1, 0.15) is 11.5 Å². The highest BCUT2D eigenvalue weighted by atomic mass is 79.9. The largest absolute Gasteiger partial charge is 0.494 e. The molecule has 0 bridgehead atoms. The quantitative estimate of drug-likeness (QED) is 0.327. The molecule has 0 heterocycles. The van der Waals surface area contributed by atoms with Crippen molar-refractivity contribution in [3.8, 4) is 11.5 Å². The Labute approximate surface area is 192 Å². The van der Waals surface area contributed by atoms with Crippen LogP contribution in [0.15, 0.2) is 46.9 Å². The van der Waals surface area contributed by atoms with Crippen molar-refractivity contribution in [2.75, 3.05) is 13.2 Å². The second-order valence-corrected chi connectivity index (χ2v) is 8.42. The van der Waals surface area contributed by atoms with Gasteiger partial charge in [0.25, 0.3) is 11.8 Å². The first kappa shape index (κ1) is 24.7. The SMILES string of the molecule is CCCCCCOc1ccc(C(=O)NNC(=O)COc2ccc(C(C)C)cc2Br)cc1. The van der Waals surface area contributed by atoms with E-state index in [1.165, 1.54) is 18.4 Å². The molecule has 0 aliphatic heterocycles. The van der Waals surface area contributed by atoms with Crippen LogP contribution in [-0.2, 0) is 4.79 Å². The number of hydrogen-bond donors (Lipinski definition) is 2. The summed E-state index contributed by atoms with van der Waals surface area (Å²) >= 11 is 3.45. The number of ether oxygens (including phenoxy) is 2. The first-order valence-electron chi connectivity index (χ1n) is 10.6. The molecule has 168 valence electrons. The van der Waals surface area contributed by atoms with Gasteiger partial charge in [-0.15, -0.1) is 0 Å². The van der Waals surface area contributed by atoms with Gasteiger partial charge in [0, 0.05) is 5.56 Å². The van der Waals surface area contributed by atoms with Gasteiger partial charge in [-0.1, -0.05) is 46.1 Å². The summed E-state index contributed by atoms with van der Waals surface area (Å²) in [5.74, 6) is 0.816. The van der Waals surface area contributed by atoms with Crippen LogP contribution in [-0.4, -0.2) is 25.0 Å². The van der Waals surface area contributed by atoms with Crippen molar-refractivity contribution in [1.82, 2.24) is 10.9 Å². The minimum absolute atomic E-state index is 0.218. The molecule has 2 aromatic rings. The average Bonchev–Trinajstić information content (AvgIpc) is 2.76. The Bertz CT molecular complexity index is 853. The van der Waals surface area contributed by atoms with Gasteiger partial charge in [0.15, 0.2) is 6.61 Å². The Morgan fingerprint density at radius 2 is 1.71 bits per heavy atom. The zero-order chi connectivity index (χ0) is 22.6. The third kappa shape index (κ3) is 8.61. The van der Waals surface area contributed by atoms with Crippen LogP contribution in [0, 0.1) is 0 Å². The molecule has 2 aromatic carbocycles. The monoisotopic (exact) mass is 490 g/mol. The molecule has 0 aliphatic carbocycles. The first-order chi connectivity index (χ1) is 14.9. The van der Waals surface area contributed by atoms with E-state index >= 15 is 0 Å². The lowest BCUT2D eigenvalue weighted by molar-refractivity contribution is -0.123. The van der Waals surface area contributed by atoms with E-state index in [0.717, 1.165) is 23.1 Å². The van der Waals surface area contributed by atoms with Gasteiger partial charge < -0.3 is 9.47 Å². The minimum atomic E-state index is -0.458. The fraction of sp³-hybridized carbons (Fsp3) is 0.417. The number of carbonyl (C=O) groups is 2. The zero-order valence-corrected chi connectivity index (χ0v) is 20.0. The molecular formula is C24H31BrN2O4. The second-order valence-electron chi connectivity index (χ2n) is 7.57. The predicted octanol–water partition coefficient (Wildman–Crippen LogP) is 5.37. The van der Waals surface area contributed by atoms with Crippen LogP contribution in [0.25, 0.3) is 0 Å². The van der Waals surface area contributed by atoms with Crippen molar-refractivity contribution in [2.45, 2.75) is 52.4 Å². The Hall–Kier alpha value is -2.54. The Morgan fingerprint density at radius 1 is 0.968 bits per heavy atom. The number of nitrogens with one attached hydrogen (secondary N) is 2. The summed E-state index contributed by atoms with van der Waals surface area (Å²) in [7, 11) is 0. The van der Waals surface area contributed by atoms with Gasteiger partial charge in [-0.25, -0.2) is 0 Å². The Balaban J connectivity index is 1.73. The summed E-state index contributed by atoms with van der Waals surface area (Å²) in [6.07, 6.45) is 4.57. The molecule has 6 nitrogen and oxygen atoms in total. The predicted molar refractivity (Wildman–Crippen MR) is 125 cm³/mol. The maximum Gasteiger partial charge on any atom is 0.276 e. The average molecular weight is 491 g/mol. The third-order valence-electron chi connectivity index (χ3n) is 4.68. The number of amides is 2. The van der Waals surface area contributed by atoms with E-state index in [9.17, 15) is 9.59 Å². The topological polar surface area (TPSA) is 76.7 Å². The van der Waals surface area contributed by atoms with Crippen molar-refractivity contribution in [3.63, 3.8) is 0 Å². The maximum absolute atomic E-state index is 12.2. The van der Waals surface area contributed by atoms with Crippen molar-refractivity contribution >= 4 is 27.7 Å². The Kier molecular flexibility index (Phi) is 10.4. The van der Waals surface area contributed by atoms with Crippen LogP contribution >= 0.6 is 15.9 Å². The van der Waals surface area contributed by atoms with Gasteiger partial charge >= 0.3 is 0 Å². The van der Waals surface area contributed by atoms with Crippen molar-refractivity contribution in [3.05, 3.63) is 58.1 Å². The normalized spacial score (nSPS) is 10.6. The first-order valence-corrected chi connectivity index (χ1v) is 11.4. The molecule has 2 N–H and O–H groups in total. The van der Waals surface area contributed by atoms with Crippen LogP contribution in [0.5, 0.6) is 11.5 Å². The number of rotatable bonds is 11. The standard InChI is InChI=1S/C24H31BrN2O4/c1-4-5-6-7-14-30-20-11-8-18(9-12-20)24(29)27-26-23(28)16-31-22-13-10-19(17(2)3)15-21(22)25/h8-13,15,17H,4-7,14,16H2,1-3H3,(H,26,28)(H,27,29). The zero-order valence-electron chi connectivity index (χ0n) is 18.4. The fourth-order valence-corrected chi connectivity index (χ4v) is 3.30. The summed E-state index contributed by atoms with van der Waals surface area (Å²) in [6, 6.07) is 12.6. The van der Waals surface area contributed by atoms with Crippen molar-refractivity contribution in [2.24, 2.45) is 0 Å². The number of halogens is 1. The molecule has 7 heteroatoms. The lowest BCUT2D eigenvalue weighted by Crippen LogP contribution is -2.43. The molecule has 0 spiro atoms. The molecule has 0 atom stereocenters. The Morgan fingerprint density at radius 3 is 2.35 bits per heavy atom. The summed E-state index contributed by atoms with van der Waals surface area (Å²) in [6.45, 7) is 6.83. The smallest absolute Gasteiger partial charge is 0.276 e. The molecule has 2 amide bonds. The number of hydrogen-bond acceptors (Lipinski definition) is 4. The molecule has 0 unspecified atom stereocenters. The second kappa shape index (κ2) is 13.0. The van der Waals surface area contributed by atoms with E-state index < -0.39 is 11.8 Å². The van der Waals surface area contributed by atoms with E-state index in [-0.39, 0.29) is 6.61 Å². The molecule has 0 saturated carbocycles. The summed E-state index contributed by atoms with van der Waals surface area (Å²) < 4.78 is 12.0. The number of carbonyl (C=O) groups excluding carboxylic acids is 2. The number of benzene rings is 2. The molecule has 2 rings (SSSR count). The van der Waals surface area contributed by atoms with Crippen LogP contribution in [0.1, 0.15) is 68.3 Å². The minimum Gasteiger partial charge on any atom is -0.494 e. The summed E-state index contributed by atoms with van der Waals surface area (Å²) in [5.41, 5.74) is 6.34. The molecule has 31 heavy (non-hydrogen) atoms. The van der Waals surface area contributed by atoms with Crippen LogP contribution in [0.4, 0.5) is 0 Å². The van der Waals surface area contributed by atoms with E-state index in [0.29, 0.717) is 23.8 Å². The van der Waals surface area contributed by atoms with Gasteiger partial charge in [0.2, 0.25) is 0 Å². The van der Waals surface area contributed by atoms with E-state index in [1.807, 2.05) is 18.2 Å². The molecular weight excluding hydrogens is 460 g/mol. The molecule has 0 aliphatic rings. The van der Waals surface area contributed by atoms with E-state index in [4.69, 9.17) is 9.47 Å². The van der Waals surface area contributed by atoms with Crippen LogP contribution < -0.4 is 20.3 Å². The molecule has 0 fully saturated rings. The fourth-order valence-electron chi connectivity index (χ4n) is 2.79. The van der Waals surface area contributed by atoms with Crippen LogP contribution in [0.3, 0.4) is 0 Å². The lowest BCUT2D eigenvalue weighted by atomic mass is 10.0. The highest BCUT2D eigenvalue weighted by Crippen LogP contribution is 2.28. The molecule has 0 radical (unpaired) electrons. The van der Waals surface area contributed by atoms with Crippen LogP contribution in [0.2, 0.25) is 0 Å². The maximum atomic E-state index is 12.2. The van der Waals surface area contributed by atoms with E-state index in [2.05, 4.69) is 47.6 Å². The lowest BCUT2D eigenvalue weighted by Gasteiger charge is -2.12. The van der Waals surface area contributed by atoms with Crippen molar-refractivity contribution < 1.29 is 19.1 Å². The highest BCUT2D eigenvalue weighted by Gasteiger charge is 2.10. The van der Waals surface area contributed by atoms with E-state index in [1.54, 1.807) is 24.3 Å². The van der Waals surface area contributed by atoms with Crippen molar-refractivity contribution in [1.29, 1.82) is 0 Å². The van der Waals surface area contributed by atoms with Gasteiger partial charge in [-0.2, -0.15) is 0 Å². The number of hydrazine groups is 1. The highest BCUT2D eigenvalue weighted by molar-refractivity contribution is 9.10. The third-order valence-corrected chi connectivity index (χ3v) is 5.30. The van der Waals surface area contributed by atoms with Gasteiger partial charge in [-0.3, -0.25) is 20.4 Å². The molecule has 0 saturated heterocycles.